The van der Waals surface area contributed by atoms with E-state index in [0.29, 0.717) is 0 Å². The van der Waals surface area contributed by atoms with Crippen LogP contribution in [0, 0.1) is 0 Å². The van der Waals surface area contributed by atoms with Crippen molar-refractivity contribution in [1.82, 2.24) is 10.3 Å². The molecule has 1 aromatic heterocycles. The number of fused-ring (bicyclic) bond motifs is 1. The second kappa shape index (κ2) is 4.82. The lowest BCUT2D eigenvalue weighted by Crippen LogP contribution is -2.43. The van der Waals surface area contributed by atoms with Crippen molar-refractivity contribution in [2.75, 3.05) is 43.4 Å². The van der Waals surface area contributed by atoms with Crippen LogP contribution in [0.3, 0.4) is 0 Å². The predicted molar refractivity (Wildman–Crippen MR) is 76.4 cm³/mol. The van der Waals surface area contributed by atoms with Gasteiger partial charge in [-0.05, 0) is 24.3 Å². The number of nitrogens with zero attached hydrogens (tertiary/aromatic N) is 2. The minimum absolute atomic E-state index is 1.05. The molecule has 0 spiro atoms. The van der Waals surface area contributed by atoms with E-state index in [1.807, 2.05) is 13.2 Å². The zero-order chi connectivity index (χ0) is 12.4. The molecule has 1 aliphatic rings. The highest BCUT2D eigenvalue weighted by molar-refractivity contribution is 5.93. The number of aromatic nitrogens is 1. The van der Waals surface area contributed by atoms with Gasteiger partial charge in [0.25, 0.3) is 0 Å². The standard InChI is InChI=1S/C14H18N4/c1-15-11-2-3-12-13(10-11)17-5-4-14(12)18-8-6-16-7-9-18/h2-5,10,15-16H,6-9H2,1H3. The molecule has 2 heterocycles. The van der Waals surface area contributed by atoms with Gasteiger partial charge in [-0.3, -0.25) is 4.98 Å². The molecule has 3 rings (SSSR count). The quantitative estimate of drug-likeness (QED) is 0.840. The molecule has 1 aromatic carbocycles. The average Bonchev–Trinajstić information content (AvgIpc) is 2.47. The summed E-state index contributed by atoms with van der Waals surface area (Å²) in [6, 6.07) is 8.48. The molecule has 4 heteroatoms. The zero-order valence-corrected chi connectivity index (χ0v) is 10.6. The maximum absolute atomic E-state index is 4.46. The van der Waals surface area contributed by atoms with E-state index < -0.39 is 0 Å². The Morgan fingerprint density at radius 1 is 1.22 bits per heavy atom. The number of hydrogen-bond acceptors (Lipinski definition) is 4. The maximum atomic E-state index is 4.46. The molecule has 1 fully saturated rings. The molecule has 2 N–H and O–H groups in total. The van der Waals surface area contributed by atoms with Gasteiger partial charge in [0.15, 0.2) is 0 Å². The lowest BCUT2D eigenvalue weighted by atomic mass is 10.1. The summed E-state index contributed by atoms with van der Waals surface area (Å²) in [6.45, 7) is 4.23. The lowest BCUT2D eigenvalue weighted by Gasteiger charge is -2.30. The highest BCUT2D eigenvalue weighted by atomic mass is 15.2. The summed E-state index contributed by atoms with van der Waals surface area (Å²) in [6.07, 6.45) is 1.90. The Balaban J connectivity index is 2.05. The van der Waals surface area contributed by atoms with E-state index in [1.165, 1.54) is 11.1 Å². The van der Waals surface area contributed by atoms with E-state index in [4.69, 9.17) is 0 Å². The van der Waals surface area contributed by atoms with Gasteiger partial charge in [-0.15, -0.1) is 0 Å². The molecule has 0 unspecified atom stereocenters. The van der Waals surface area contributed by atoms with Crippen LogP contribution in [0.1, 0.15) is 0 Å². The molecular formula is C14H18N4. The molecule has 0 saturated carbocycles. The van der Waals surface area contributed by atoms with Crippen LogP contribution in [-0.2, 0) is 0 Å². The molecule has 0 aliphatic carbocycles. The SMILES string of the molecule is CNc1ccc2c(N3CCNCC3)ccnc2c1. The first-order valence-electron chi connectivity index (χ1n) is 6.41. The van der Waals surface area contributed by atoms with Crippen LogP contribution >= 0.6 is 0 Å². The fourth-order valence-corrected chi connectivity index (χ4v) is 2.47. The first kappa shape index (κ1) is 11.3. The van der Waals surface area contributed by atoms with Crippen LogP contribution in [0.5, 0.6) is 0 Å². The van der Waals surface area contributed by atoms with Gasteiger partial charge in [0.05, 0.1) is 5.52 Å². The zero-order valence-electron chi connectivity index (χ0n) is 10.6. The lowest BCUT2D eigenvalue weighted by molar-refractivity contribution is 0.590. The van der Waals surface area contributed by atoms with Gasteiger partial charge in [0.1, 0.15) is 0 Å². The van der Waals surface area contributed by atoms with Crippen LogP contribution in [0.4, 0.5) is 11.4 Å². The van der Waals surface area contributed by atoms with Crippen LogP contribution in [0.25, 0.3) is 10.9 Å². The van der Waals surface area contributed by atoms with E-state index in [1.54, 1.807) is 0 Å². The van der Waals surface area contributed by atoms with Crippen LogP contribution in [0.15, 0.2) is 30.5 Å². The Bertz CT molecular complexity index is 546. The Labute approximate surface area is 107 Å². The third-order valence-electron chi connectivity index (χ3n) is 3.47. The molecule has 94 valence electrons. The average molecular weight is 242 g/mol. The van der Waals surface area contributed by atoms with Gasteiger partial charge in [-0.2, -0.15) is 0 Å². The summed E-state index contributed by atoms with van der Waals surface area (Å²) >= 11 is 0. The van der Waals surface area contributed by atoms with Crippen molar-refractivity contribution in [3.63, 3.8) is 0 Å². The van der Waals surface area contributed by atoms with Gasteiger partial charge in [0.2, 0.25) is 0 Å². The molecule has 0 radical (unpaired) electrons. The smallest absolute Gasteiger partial charge is 0.0743 e. The number of hydrogen-bond donors (Lipinski definition) is 2. The highest BCUT2D eigenvalue weighted by Crippen LogP contribution is 2.27. The van der Waals surface area contributed by atoms with E-state index in [0.717, 1.165) is 37.4 Å². The van der Waals surface area contributed by atoms with E-state index >= 15 is 0 Å². The minimum Gasteiger partial charge on any atom is -0.388 e. The molecule has 1 aliphatic heterocycles. The predicted octanol–water partition coefficient (Wildman–Crippen LogP) is 1.69. The fourth-order valence-electron chi connectivity index (χ4n) is 2.47. The Kier molecular flexibility index (Phi) is 3.02. The van der Waals surface area contributed by atoms with Crippen molar-refractivity contribution < 1.29 is 0 Å². The normalized spacial score (nSPS) is 15.9. The Hall–Kier alpha value is -1.81. The van der Waals surface area contributed by atoms with Crippen LogP contribution < -0.4 is 15.5 Å². The minimum atomic E-state index is 1.05. The van der Waals surface area contributed by atoms with Crippen molar-refractivity contribution >= 4 is 22.3 Å². The Morgan fingerprint density at radius 2 is 2.06 bits per heavy atom. The summed E-state index contributed by atoms with van der Waals surface area (Å²) in [5.41, 5.74) is 3.45. The Morgan fingerprint density at radius 3 is 2.83 bits per heavy atom. The summed E-state index contributed by atoms with van der Waals surface area (Å²) in [5.74, 6) is 0. The first-order chi connectivity index (χ1) is 8.88. The van der Waals surface area contributed by atoms with Crippen molar-refractivity contribution in [2.24, 2.45) is 0 Å². The number of nitrogens with one attached hydrogen (secondary N) is 2. The molecule has 0 amide bonds. The molecule has 0 bridgehead atoms. The number of piperazine rings is 1. The summed E-state index contributed by atoms with van der Waals surface area (Å²) < 4.78 is 0. The third-order valence-corrected chi connectivity index (χ3v) is 3.47. The van der Waals surface area contributed by atoms with Crippen molar-refractivity contribution in [3.8, 4) is 0 Å². The van der Waals surface area contributed by atoms with Gasteiger partial charge in [-0.1, -0.05) is 0 Å². The van der Waals surface area contributed by atoms with Gasteiger partial charge < -0.3 is 15.5 Å². The van der Waals surface area contributed by atoms with Gasteiger partial charge in [-0.25, -0.2) is 0 Å². The molecule has 1 saturated heterocycles. The fraction of sp³-hybridized carbons (Fsp3) is 0.357. The van der Waals surface area contributed by atoms with Crippen molar-refractivity contribution in [3.05, 3.63) is 30.5 Å². The molecule has 0 atom stereocenters. The van der Waals surface area contributed by atoms with E-state index in [-0.39, 0.29) is 0 Å². The maximum Gasteiger partial charge on any atom is 0.0743 e. The van der Waals surface area contributed by atoms with E-state index in [9.17, 15) is 0 Å². The monoisotopic (exact) mass is 242 g/mol. The van der Waals surface area contributed by atoms with Gasteiger partial charge in [0, 0.05) is 56.2 Å². The molecule has 18 heavy (non-hydrogen) atoms. The number of benzene rings is 1. The third kappa shape index (κ3) is 1.99. The largest absolute Gasteiger partial charge is 0.388 e. The summed E-state index contributed by atoms with van der Waals surface area (Å²) in [4.78, 5) is 6.89. The highest BCUT2D eigenvalue weighted by Gasteiger charge is 2.13. The summed E-state index contributed by atoms with van der Waals surface area (Å²) in [5, 5.41) is 7.77. The number of pyridine rings is 1. The topological polar surface area (TPSA) is 40.2 Å². The van der Waals surface area contributed by atoms with Crippen molar-refractivity contribution in [1.29, 1.82) is 0 Å². The number of anilines is 2. The second-order valence-corrected chi connectivity index (χ2v) is 4.55. The first-order valence-corrected chi connectivity index (χ1v) is 6.41. The van der Waals surface area contributed by atoms with Crippen LogP contribution in [-0.4, -0.2) is 38.2 Å². The summed E-state index contributed by atoms with van der Waals surface area (Å²) in [7, 11) is 1.93. The second-order valence-electron chi connectivity index (χ2n) is 4.55. The van der Waals surface area contributed by atoms with E-state index in [2.05, 4.69) is 44.8 Å². The van der Waals surface area contributed by atoms with Gasteiger partial charge >= 0.3 is 0 Å². The molecule has 4 nitrogen and oxygen atoms in total. The molecular weight excluding hydrogens is 224 g/mol. The number of rotatable bonds is 2. The van der Waals surface area contributed by atoms with Crippen LogP contribution in [0.2, 0.25) is 0 Å². The molecule has 2 aromatic rings. The van der Waals surface area contributed by atoms with Crippen molar-refractivity contribution in [2.45, 2.75) is 0 Å².